The molecule has 1 unspecified atom stereocenters. The average molecular weight is 198 g/mol. The third-order valence-corrected chi connectivity index (χ3v) is 2.95. The normalized spacial score (nSPS) is 25.4. The molecular weight excluding hydrogens is 176 g/mol. The van der Waals surface area contributed by atoms with Gasteiger partial charge in [0.1, 0.15) is 0 Å². The molecule has 1 atom stereocenters. The van der Waals surface area contributed by atoms with Crippen LogP contribution < -0.4 is 5.73 Å². The number of carbonyl (C=O) groups is 1. The summed E-state index contributed by atoms with van der Waals surface area (Å²) in [5.41, 5.74) is 5.84. The second-order valence-electron chi connectivity index (χ2n) is 4.88. The number of hydrogen-bond acceptors (Lipinski definition) is 2. The third-order valence-electron chi connectivity index (χ3n) is 2.95. The SMILES string of the molecule is CCCCC(=O)N1CC(N)CC1(C)C. The molecule has 0 bridgehead atoms. The summed E-state index contributed by atoms with van der Waals surface area (Å²) in [6.07, 6.45) is 3.66. The molecule has 3 heteroatoms. The van der Waals surface area contributed by atoms with Gasteiger partial charge in [-0.05, 0) is 26.7 Å². The molecule has 0 aromatic carbocycles. The number of hydrogen-bond donors (Lipinski definition) is 1. The van der Waals surface area contributed by atoms with Crippen LogP contribution in [0.3, 0.4) is 0 Å². The van der Waals surface area contributed by atoms with E-state index in [1.807, 2.05) is 4.90 Å². The first-order chi connectivity index (χ1) is 6.47. The van der Waals surface area contributed by atoms with Crippen molar-refractivity contribution in [3.05, 3.63) is 0 Å². The zero-order valence-corrected chi connectivity index (χ0v) is 9.55. The Morgan fingerprint density at radius 1 is 1.57 bits per heavy atom. The number of carbonyl (C=O) groups excluding carboxylic acids is 1. The topological polar surface area (TPSA) is 46.3 Å². The standard InChI is InChI=1S/C11H22N2O/c1-4-5-6-10(14)13-8-9(12)7-11(13,2)3/h9H,4-8,12H2,1-3H3. The number of unbranched alkanes of at least 4 members (excludes halogenated alkanes) is 1. The van der Waals surface area contributed by atoms with E-state index in [2.05, 4.69) is 20.8 Å². The molecular formula is C11H22N2O. The van der Waals surface area contributed by atoms with Gasteiger partial charge in [0.25, 0.3) is 0 Å². The summed E-state index contributed by atoms with van der Waals surface area (Å²) in [5.74, 6) is 0.268. The van der Waals surface area contributed by atoms with E-state index >= 15 is 0 Å². The van der Waals surface area contributed by atoms with Crippen molar-refractivity contribution in [2.24, 2.45) is 5.73 Å². The summed E-state index contributed by atoms with van der Waals surface area (Å²) in [6, 6.07) is 0.163. The van der Waals surface area contributed by atoms with Crippen LogP contribution in [0.15, 0.2) is 0 Å². The quantitative estimate of drug-likeness (QED) is 0.747. The van der Waals surface area contributed by atoms with Crippen LogP contribution >= 0.6 is 0 Å². The van der Waals surface area contributed by atoms with E-state index in [1.54, 1.807) is 0 Å². The fourth-order valence-corrected chi connectivity index (χ4v) is 2.20. The molecule has 0 aliphatic carbocycles. The van der Waals surface area contributed by atoms with Crippen LogP contribution in [0, 0.1) is 0 Å². The molecule has 1 aliphatic heterocycles. The van der Waals surface area contributed by atoms with E-state index in [9.17, 15) is 4.79 Å². The van der Waals surface area contributed by atoms with Crippen molar-refractivity contribution in [3.8, 4) is 0 Å². The second kappa shape index (κ2) is 4.30. The molecule has 82 valence electrons. The van der Waals surface area contributed by atoms with Crippen LogP contribution in [-0.4, -0.2) is 28.9 Å². The molecule has 0 aromatic rings. The van der Waals surface area contributed by atoms with Gasteiger partial charge in [-0.1, -0.05) is 13.3 Å². The van der Waals surface area contributed by atoms with Gasteiger partial charge < -0.3 is 10.6 Å². The summed E-state index contributed by atoms with van der Waals surface area (Å²) in [7, 11) is 0. The number of rotatable bonds is 3. The Bertz CT molecular complexity index is 213. The molecule has 0 radical (unpaired) electrons. The first-order valence-electron chi connectivity index (χ1n) is 5.53. The van der Waals surface area contributed by atoms with Crippen LogP contribution in [0.5, 0.6) is 0 Å². The minimum atomic E-state index is -0.0375. The second-order valence-corrected chi connectivity index (χ2v) is 4.88. The lowest BCUT2D eigenvalue weighted by Crippen LogP contribution is -2.42. The van der Waals surface area contributed by atoms with Crippen molar-refractivity contribution in [3.63, 3.8) is 0 Å². The lowest BCUT2D eigenvalue weighted by atomic mass is 10.0. The highest BCUT2D eigenvalue weighted by Gasteiger charge is 2.38. The van der Waals surface area contributed by atoms with E-state index in [-0.39, 0.29) is 17.5 Å². The van der Waals surface area contributed by atoms with Crippen molar-refractivity contribution in [2.45, 2.75) is 58.0 Å². The Hall–Kier alpha value is -0.570. The molecule has 0 spiro atoms. The molecule has 0 saturated carbocycles. The third kappa shape index (κ3) is 2.47. The van der Waals surface area contributed by atoms with Crippen LogP contribution in [0.1, 0.15) is 46.5 Å². The number of amides is 1. The molecule has 3 nitrogen and oxygen atoms in total. The van der Waals surface area contributed by atoms with Crippen LogP contribution in [0.25, 0.3) is 0 Å². The molecule has 2 N–H and O–H groups in total. The smallest absolute Gasteiger partial charge is 0.223 e. The van der Waals surface area contributed by atoms with E-state index in [1.165, 1.54) is 0 Å². The fourth-order valence-electron chi connectivity index (χ4n) is 2.20. The van der Waals surface area contributed by atoms with Crippen LogP contribution in [0.2, 0.25) is 0 Å². The maximum atomic E-state index is 11.8. The van der Waals surface area contributed by atoms with Gasteiger partial charge in [-0.3, -0.25) is 4.79 Å². The minimum absolute atomic E-state index is 0.0375. The number of nitrogens with two attached hydrogens (primary N) is 1. The zero-order valence-electron chi connectivity index (χ0n) is 9.55. The summed E-state index contributed by atoms with van der Waals surface area (Å²) in [4.78, 5) is 13.8. The Balaban J connectivity index is 2.54. The molecule has 1 heterocycles. The van der Waals surface area contributed by atoms with Crippen molar-refractivity contribution in [1.82, 2.24) is 4.90 Å². The van der Waals surface area contributed by atoms with E-state index < -0.39 is 0 Å². The molecule has 1 saturated heterocycles. The number of likely N-dealkylation sites (tertiary alicyclic amines) is 1. The molecule has 1 aliphatic rings. The zero-order chi connectivity index (χ0) is 10.8. The van der Waals surface area contributed by atoms with Crippen molar-refractivity contribution >= 4 is 5.91 Å². The first kappa shape index (κ1) is 11.5. The first-order valence-corrected chi connectivity index (χ1v) is 5.53. The molecule has 1 fully saturated rings. The Labute approximate surface area is 86.6 Å². The van der Waals surface area contributed by atoms with Crippen molar-refractivity contribution in [2.75, 3.05) is 6.54 Å². The highest BCUT2D eigenvalue weighted by molar-refractivity contribution is 5.77. The fraction of sp³-hybridized carbons (Fsp3) is 0.909. The van der Waals surface area contributed by atoms with E-state index in [0.717, 1.165) is 25.8 Å². The number of nitrogens with zero attached hydrogens (tertiary/aromatic N) is 1. The summed E-state index contributed by atoms with van der Waals surface area (Å²) >= 11 is 0. The lowest BCUT2D eigenvalue weighted by Gasteiger charge is -2.31. The minimum Gasteiger partial charge on any atom is -0.336 e. The molecule has 0 aromatic heterocycles. The summed E-state index contributed by atoms with van der Waals surface area (Å²) < 4.78 is 0. The van der Waals surface area contributed by atoms with E-state index in [0.29, 0.717) is 6.42 Å². The van der Waals surface area contributed by atoms with Gasteiger partial charge in [0.15, 0.2) is 0 Å². The van der Waals surface area contributed by atoms with Gasteiger partial charge >= 0.3 is 0 Å². The summed E-state index contributed by atoms with van der Waals surface area (Å²) in [6.45, 7) is 7.04. The predicted molar refractivity (Wildman–Crippen MR) is 57.9 cm³/mol. The Morgan fingerprint density at radius 2 is 2.21 bits per heavy atom. The summed E-state index contributed by atoms with van der Waals surface area (Å²) in [5, 5.41) is 0. The van der Waals surface area contributed by atoms with Crippen LogP contribution in [0.4, 0.5) is 0 Å². The highest BCUT2D eigenvalue weighted by Crippen LogP contribution is 2.28. The van der Waals surface area contributed by atoms with Gasteiger partial charge in [-0.15, -0.1) is 0 Å². The maximum Gasteiger partial charge on any atom is 0.223 e. The molecule has 1 rings (SSSR count). The van der Waals surface area contributed by atoms with Gasteiger partial charge in [-0.25, -0.2) is 0 Å². The lowest BCUT2D eigenvalue weighted by molar-refractivity contribution is -0.134. The monoisotopic (exact) mass is 198 g/mol. The molecule has 1 amide bonds. The largest absolute Gasteiger partial charge is 0.336 e. The maximum absolute atomic E-state index is 11.8. The van der Waals surface area contributed by atoms with Gasteiger partial charge in [0.2, 0.25) is 5.91 Å². The Morgan fingerprint density at radius 3 is 2.64 bits per heavy atom. The van der Waals surface area contributed by atoms with Gasteiger partial charge in [0.05, 0.1) is 0 Å². The van der Waals surface area contributed by atoms with Gasteiger partial charge in [0, 0.05) is 24.5 Å². The predicted octanol–water partition coefficient (Wildman–Crippen LogP) is 1.51. The van der Waals surface area contributed by atoms with Crippen molar-refractivity contribution < 1.29 is 4.79 Å². The molecule has 14 heavy (non-hydrogen) atoms. The Kier molecular flexibility index (Phi) is 3.53. The average Bonchev–Trinajstić information content (AvgIpc) is 2.35. The highest BCUT2D eigenvalue weighted by atomic mass is 16.2. The van der Waals surface area contributed by atoms with E-state index in [4.69, 9.17) is 5.73 Å². The van der Waals surface area contributed by atoms with Crippen LogP contribution in [-0.2, 0) is 4.79 Å². The van der Waals surface area contributed by atoms with Crippen molar-refractivity contribution in [1.29, 1.82) is 0 Å². The van der Waals surface area contributed by atoms with Gasteiger partial charge in [-0.2, -0.15) is 0 Å².